The van der Waals surface area contributed by atoms with Gasteiger partial charge in [-0.2, -0.15) is 0 Å². The summed E-state index contributed by atoms with van der Waals surface area (Å²) in [6, 6.07) is 14.3. The van der Waals surface area contributed by atoms with Crippen LogP contribution in [-0.4, -0.2) is 21.7 Å². The van der Waals surface area contributed by atoms with Gasteiger partial charge in [0.1, 0.15) is 10.1 Å². The third-order valence-corrected chi connectivity index (χ3v) is 5.33. The molecule has 1 atom stereocenters. The van der Waals surface area contributed by atoms with Crippen LogP contribution in [0.5, 0.6) is 5.75 Å². The maximum atomic E-state index is 12.6. The van der Waals surface area contributed by atoms with Crippen molar-refractivity contribution in [2.75, 3.05) is 10.6 Å². The monoisotopic (exact) mass is 420 g/mol. The van der Waals surface area contributed by atoms with Crippen molar-refractivity contribution in [1.82, 2.24) is 0 Å². The van der Waals surface area contributed by atoms with E-state index in [0.29, 0.717) is 17.1 Å². The van der Waals surface area contributed by atoms with Crippen LogP contribution in [0.25, 0.3) is 0 Å². The number of rotatable bonds is 6. The number of hydrogen-bond acceptors (Lipinski definition) is 3. The van der Waals surface area contributed by atoms with E-state index in [0.717, 1.165) is 12.0 Å². The van der Waals surface area contributed by atoms with E-state index in [9.17, 15) is 9.59 Å². The zero-order valence-corrected chi connectivity index (χ0v) is 17.4. The molecule has 5 nitrogen and oxygen atoms in total. The molecular formula is C21H22Cl2N2O3. The first-order chi connectivity index (χ1) is 13.1. The van der Waals surface area contributed by atoms with Gasteiger partial charge in [-0.25, -0.2) is 0 Å². The summed E-state index contributed by atoms with van der Waals surface area (Å²) in [5.74, 6) is 0.287. The van der Waals surface area contributed by atoms with Crippen LogP contribution >= 0.6 is 23.2 Å². The van der Waals surface area contributed by atoms with Gasteiger partial charge in [0.15, 0.2) is 5.60 Å². The van der Waals surface area contributed by atoms with Crippen molar-refractivity contribution < 1.29 is 14.3 Å². The lowest BCUT2D eigenvalue weighted by molar-refractivity contribution is -0.128. The second kappa shape index (κ2) is 7.64. The molecule has 0 unspecified atom stereocenters. The topological polar surface area (TPSA) is 67.4 Å². The average molecular weight is 421 g/mol. The molecule has 2 aromatic rings. The standard InChI is InChI=1S/C21H22Cl2N2O3/c1-13(26)24-15-6-8-16(9-7-15)25-19(27)20(2,3)28-17-10-4-14(5-11-17)18-12-21(18,22)23/h4-11,18H,12H2,1-3H3,(H,24,26)(H,25,27)/t18-/m1/s1. The Kier molecular flexibility index (Phi) is 5.60. The molecule has 1 aliphatic rings. The van der Waals surface area contributed by atoms with Crippen molar-refractivity contribution in [2.24, 2.45) is 0 Å². The number of nitrogens with one attached hydrogen (secondary N) is 2. The second-order valence-electron chi connectivity index (χ2n) is 7.41. The molecule has 2 amide bonds. The number of hydrogen-bond donors (Lipinski definition) is 2. The summed E-state index contributed by atoms with van der Waals surface area (Å²) >= 11 is 12.2. The fraction of sp³-hybridized carbons (Fsp3) is 0.333. The predicted molar refractivity (Wildman–Crippen MR) is 112 cm³/mol. The van der Waals surface area contributed by atoms with Gasteiger partial charge in [0.2, 0.25) is 5.91 Å². The van der Waals surface area contributed by atoms with E-state index in [-0.39, 0.29) is 17.7 Å². The molecule has 0 spiro atoms. The minimum atomic E-state index is -1.08. The fourth-order valence-corrected chi connectivity index (χ4v) is 3.37. The van der Waals surface area contributed by atoms with Crippen molar-refractivity contribution in [3.8, 4) is 5.75 Å². The Morgan fingerprint density at radius 2 is 1.50 bits per heavy atom. The van der Waals surface area contributed by atoms with Gasteiger partial charge in [0.25, 0.3) is 5.91 Å². The first-order valence-corrected chi connectivity index (χ1v) is 9.68. The van der Waals surface area contributed by atoms with Gasteiger partial charge in [0, 0.05) is 24.2 Å². The Labute approximate surface area is 174 Å². The predicted octanol–water partition coefficient (Wildman–Crippen LogP) is 5.10. The van der Waals surface area contributed by atoms with Crippen LogP contribution < -0.4 is 15.4 Å². The van der Waals surface area contributed by atoms with Gasteiger partial charge in [-0.3, -0.25) is 9.59 Å². The summed E-state index contributed by atoms with van der Waals surface area (Å²) in [4.78, 5) is 23.7. The van der Waals surface area contributed by atoms with Crippen LogP contribution in [0.15, 0.2) is 48.5 Å². The van der Waals surface area contributed by atoms with Crippen LogP contribution in [0.2, 0.25) is 0 Å². The van der Waals surface area contributed by atoms with Crippen LogP contribution in [0.4, 0.5) is 11.4 Å². The maximum absolute atomic E-state index is 12.6. The van der Waals surface area contributed by atoms with E-state index in [1.165, 1.54) is 6.92 Å². The molecule has 1 saturated carbocycles. The van der Waals surface area contributed by atoms with E-state index in [4.69, 9.17) is 27.9 Å². The molecule has 2 aromatic carbocycles. The van der Waals surface area contributed by atoms with Crippen LogP contribution in [0.1, 0.15) is 38.7 Å². The van der Waals surface area contributed by atoms with Crippen molar-refractivity contribution >= 4 is 46.4 Å². The molecule has 0 aliphatic heterocycles. The Morgan fingerprint density at radius 3 is 1.96 bits per heavy atom. The molecule has 148 valence electrons. The molecular weight excluding hydrogens is 399 g/mol. The van der Waals surface area contributed by atoms with E-state index < -0.39 is 9.93 Å². The maximum Gasteiger partial charge on any atom is 0.267 e. The lowest BCUT2D eigenvalue weighted by Crippen LogP contribution is -2.42. The van der Waals surface area contributed by atoms with Crippen molar-refractivity contribution in [2.45, 2.75) is 43.0 Å². The van der Waals surface area contributed by atoms with Crippen LogP contribution in [0, 0.1) is 0 Å². The molecule has 0 saturated heterocycles. The zero-order valence-electron chi connectivity index (χ0n) is 15.9. The Morgan fingerprint density at radius 1 is 1.00 bits per heavy atom. The van der Waals surface area contributed by atoms with Gasteiger partial charge in [-0.15, -0.1) is 23.2 Å². The third-order valence-electron chi connectivity index (χ3n) is 4.49. The van der Waals surface area contributed by atoms with Gasteiger partial charge in [0.05, 0.1) is 0 Å². The summed E-state index contributed by atoms with van der Waals surface area (Å²) in [6.07, 6.45) is 0.741. The molecule has 28 heavy (non-hydrogen) atoms. The molecule has 0 aromatic heterocycles. The number of carbonyl (C=O) groups is 2. The largest absolute Gasteiger partial charge is 0.478 e. The summed E-state index contributed by atoms with van der Waals surface area (Å²) in [5.41, 5.74) is 1.24. The van der Waals surface area contributed by atoms with E-state index >= 15 is 0 Å². The minimum Gasteiger partial charge on any atom is -0.478 e. The Balaban J connectivity index is 1.60. The lowest BCUT2D eigenvalue weighted by atomic mass is 10.1. The molecule has 0 radical (unpaired) electrons. The highest BCUT2D eigenvalue weighted by Gasteiger charge is 2.52. The number of carbonyl (C=O) groups excluding carboxylic acids is 2. The number of alkyl halides is 2. The SMILES string of the molecule is CC(=O)Nc1ccc(NC(=O)C(C)(C)Oc2ccc([C@H]3CC3(Cl)Cl)cc2)cc1. The number of anilines is 2. The number of ether oxygens (including phenoxy) is 1. The fourth-order valence-electron chi connectivity index (χ4n) is 2.81. The summed E-state index contributed by atoms with van der Waals surface area (Å²) in [6.45, 7) is 4.84. The molecule has 2 N–H and O–H groups in total. The quantitative estimate of drug-likeness (QED) is 0.638. The third kappa shape index (κ3) is 4.97. The Hall–Kier alpha value is -2.24. The Bertz CT molecular complexity index is 878. The number of halogens is 2. The van der Waals surface area contributed by atoms with Gasteiger partial charge >= 0.3 is 0 Å². The smallest absolute Gasteiger partial charge is 0.267 e. The molecule has 7 heteroatoms. The number of benzene rings is 2. The van der Waals surface area contributed by atoms with Crippen LogP contribution in [0.3, 0.4) is 0 Å². The summed E-state index contributed by atoms with van der Waals surface area (Å²) in [5, 5.41) is 5.50. The first-order valence-electron chi connectivity index (χ1n) is 8.93. The molecule has 1 fully saturated rings. The average Bonchev–Trinajstić information content (AvgIpc) is 3.25. The molecule has 0 heterocycles. The zero-order chi connectivity index (χ0) is 20.5. The van der Waals surface area contributed by atoms with Crippen molar-refractivity contribution in [1.29, 1.82) is 0 Å². The highest BCUT2D eigenvalue weighted by atomic mass is 35.5. The lowest BCUT2D eigenvalue weighted by Gasteiger charge is -2.25. The minimum absolute atomic E-state index is 0.140. The second-order valence-corrected chi connectivity index (χ2v) is 8.95. The summed E-state index contributed by atoms with van der Waals surface area (Å²) < 4.78 is 5.21. The van der Waals surface area contributed by atoms with Crippen molar-refractivity contribution in [3.05, 3.63) is 54.1 Å². The molecule has 0 bridgehead atoms. The van der Waals surface area contributed by atoms with Gasteiger partial charge < -0.3 is 15.4 Å². The molecule has 1 aliphatic carbocycles. The van der Waals surface area contributed by atoms with E-state index in [1.807, 2.05) is 24.3 Å². The van der Waals surface area contributed by atoms with Gasteiger partial charge in [-0.05, 0) is 62.2 Å². The number of amides is 2. The highest BCUT2D eigenvalue weighted by molar-refractivity contribution is 6.51. The normalized spacial score (nSPS) is 17.5. The van der Waals surface area contributed by atoms with E-state index in [1.54, 1.807) is 38.1 Å². The van der Waals surface area contributed by atoms with Crippen molar-refractivity contribution in [3.63, 3.8) is 0 Å². The van der Waals surface area contributed by atoms with Gasteiger partial charge in [-0.1, -0.05) is 12.1 Å². The summed E-state index contributed by atoms with van der Waals surface area (Å²) in [7, 11) is 0. The molecule has 3 rings (SSSR count). The highest BCUT2D eigenvalue weighted by Crippen LogP contribution is 2.59. The first kappa shape index (κ1) is 20.5. The van der Waals surface area contributed by atoms with E-state index in [2.05, 4.69) is 10.6 Å². The van der Waals surface area contributed by atoms with Crippen LogP contribution in [-0.2, 0) is 9.59 Å².